The second-order valence-corrected chi connectivity index (χ2v) is 6.59. The van der Waals surface area contributed by atoms with E-state index in [0.29, 0.717) is 17.9 Å². The normalized spacial score (nSPS) is 11.8. The van der Waals surface area contributed by atoms with Crippen molar-refractivity contribution in [1.82, 2.24) is 16.0 Å². The van der Waals surface area contributed by atoms with Crippen LogP contribution in [0.15, 0.2) is 24.3 Å². The van der Waals surface area contributed by atoms with Gasteiger partial charge in [0.25, 0.3) is 5.91 Å². The van der Waals surface area contributed by atoms with Gasteiger partial charge >= 0.3 is 0 Å². The van der Waals surface area contributed by atoms with E-state index in [2.05, 4.69) is 16.0 Å². The summed E-state index contributed by atoms with van der Waals surface area (Å²) in [5.74, 6) is -0.464. The zero-order valence-corrected chi connectivity index (χ0v) is 16.1. The van der Waals surface area contributed by atoms with Gasteiger partial charge in [0.2, 0.25) is 11.8 Å². The van der Waals surface area contributed by atoms with Gasteiger partial charge in [0.05, 0.1) is 13.2 Å². The number of carbonyl (C=O) groups excluding carboxylic acids is 3. The van der Waals surface area contributed by atoms with Crippen LogP contribution in [0.3, 0.4) is 0 Å². The third kappa shape index (κ3) is 7.13. The van der Waals surface area contributed by atoms with Crippen molar-refractivity contribution in [1.29, 1.82) is 0 Å². The zero-order chi connectivity index (χ0) is 19.7. The number of benzene rings is 1. The SMILES string of the molecule is CCOc1ccc(C(=O)N[C@H](C(=O)NCC(=O)NC(C)C)C(C)C)cc1. The number of nitrogens with one attached hydrogen (secondary N) is 3. The maximum absolute atomic E-state index is 12.4. The van der Waals surface area contributed by atoms with E-state index in [-0.39, 0.29) is 30.3 Å². The first-order valence-corrected chi connectivity index (χ1v) is 8.85. The monoisotopic (exact) mass is 363 g/mol. The van der Waals surface area contributed by atoms with E-state index in [0.717, 1.165) is 0 Å². The Labute approximate surface area is 154 Å². The summed E-state index contributed by atoms with van der Waals surface area (Å²) in [6, 6.07) is 5.97. The Morgan fingerprint density at radius 2 is 1.62 bits per heavy atom. The Morgan fingerprint density at radius 1 is 1.00 bits per heavy atom. The van der Waals surface area contributed by atoms with Gasteiger partial charge in [0, 0.05) is 11.6 Å². The molecule has 0 radical (unpaired) electrons. The first-order valence-electron chi connectivity index (χ1n) is 8.85. The molecule has 7 heteroatoms. The lowest BCUT2D eigenvalue weighted by Crippen LogP contribution is -2.51. The molecule has 0 saturated heterocycles. The van der Waals surface area contributed by atoms with E-state index >= 15 is 0 Å². The molecule has 0 heterocycles. The maximum atomic E-state index is 12.4. The average Bonchev–Trinajstić information content (AvgIpc) is 2.57. The van der Waals surface area contributed by atoms with Crippen LogP contribution in [0.1, 0.15) is 45.0 Å². The minimum atomic E-state index is -0.735. The van der Waals surface area contributed by atoms with Gasteiger partial charge in [-0.2, -0.15) is 0 Å². The molecular formula is C19H29N3O4. The van der Waals surface area contributed by atoms with Crippen LogP contribution >= 0.6 is 0 Å². The number of rotatable bonds is 9. The van der Waals surface area contributed by atoms with Crippen molar-refractivity contribution < 1.29 is 19.1 Å². The largest absolute Gasteiger partial charge is 0.494 e. The highest BCUT2D eigenvalue weighted by Gasteiger charge is 2.25. The first kappa shape index (κ1) is 21.5. The molecule has 0 unspecified atom stereocenters. The molecule has 1 aromatic carbocycles. The lowest BCUT2D eigenvalue weighted by atomic mass is 10.0. The van der Waals surface area contributed by atoms with Gasteiger partial charge in [0.1, 0.15) is 11.8 Å². The fraction of sp³-hybridized carbons (Fsp3) is 0.526. The maximum Gasteiger partial charge on any atom is 0.251 e. The van der Waals surface area contributed by atoms with E-state index in [9.17, 15) is 14.4 Å². The number of carbonyl (C=O) groups is 3. The minimum Gasteiger partial charge on any atom is -0.494 e. The van der Waals surface area contributed by atoms with E-state index < -0.39 is 11.9 Å². The number of hydrogen-bond donors (Lipinski definition) is 3. The molecule has 0 fully saturated rings. The molecule has 1 rings (SSSR count). The second kappa shape index (κ2) is 10.4. The van der Waals surface area contributed by atoms with Crippen LogP contribution in [0.5, 0.6) is 5.75 Å². The molecule has 7 nitrogen and oxygen atoms in total. The smallest absolute Gasteiger partial charge is 0.251 e. The molecule has 144 valence electrons. The van der Waals surface area contributed by atoms with Crippen molar-refractivity contribution in [3.63, 3.8) is 0 Å². The molecule has 0 aliphatic carbocycles. The van der Waals surface area contributed by atoms with Gasteiger partial charge in [-0.25, -0.2) is 0 Å². The Kier molecular flexibility index (Phi) is 8.61. The van der Waals surface area contributed by atoms with Gasteiger partial charge in [-0.05, 0) is 51.0 Å². The summed E-state index contributed by atoms with van der Waals surface area (Å²) in [6.45, 7) is 9.65. The minimum absolute atomic E-state index is 0.000315. The van der Waals surface area contributed by atoms with Crippen molar-refractivity contribution >= 4 is 17.7 Å². The average molecular weight is 363 g/mol. The van der Waals surface area contributed by atoms with Crippen LogP contribution in [0, 0.1) is 5.92 Å². The van der Waals surface area contributed by atoms with E-state index in [1.807, 2.05) is 34.6 Å². The van der Waals surface area contributed by atoms with Gasteiger partial charge in [0.15, 0.2) is 0 Å². The topological polar surface area (TPSA) is 96.5 Å². The van der Waals surface area contributed by atoms with E-state index in [1.54, 1.807) is 24.3 Å². The number of hydrogen-bond acceptors (Lipinski definition) is 4. The van der Waals surface area contributed by atoms with Crippen molar-refractivity contribution in [2.24, 2.45) is 5.92 Å². The molecule has 3 N–H and O–H groups in total. The standard InChI is InChI=1S/C19H29N3O4/c1-6-26-15-9-7-14(8-10-15)18(24)22-17(12(2)3)19(25)20-11-16(23)21-13(4)5/h7-10,12-13,17H,6,11H2,1-5H3,(H,20,25)(H,21,23)(H,22,24)/t17-/m0/s1. The molecule has 0 bridgehead atoms. The Bertz CT molecular complexity index is 612. The summed E-state index contributed by atoms with van der Waals surface area (Å²) in [5.41, 5.74) is 0.435. The van der Waals surface area contributed by atoms with Crippen molar-refractivity contribution in [2.75, 3.05) is 13.2 Å². The molecule has 0 aliphatic heterocycles. The summed E-state index contributed by atoms with van der Waals surface area (Å²) < 4.78 is 5.35. The van der Waals surface area contributed by atoms with Crippen LogP contribution in [0.25, 0.3) is 0 Å². The van der Waals surface area contributed by atoms with Gasteiger partial charge in [-0.15, -0.1) is 0 Å². The first-order chi connectivity index (χ1) is 12.2. The third-order valence-corrected chi connectivity index (χ3v) is 3.54. The summed E-state index contributed by atoms with van der Waals surface area (Å²) >= 11 is 0. The lowest BCUT2D eigenvalue weighted by Gasteiger charge is -2.22. The van der Waals surface area contributed by atoms with Crippen LogP contribution in [-0.2, 0) is 9.59 Å². The summed E-state index contributed by atoms with van der Waals surface area (Å²) in [7, 11) is 0. The van der Waals surface area contributed by atoms with Crippen LogP contribution in [0.2, 0.25) is 0 Å². The molecular weight excluding hydrogens is 334 g/mol. The van der Waals surface area contributed by atoms with Crippen molar-refractivity contribution in [3.8, 4) is 5.75 Å². The Balaban J connectivity index is 2.67. The van der Waals surface area contributed by atoms with E-state index in [4.69, 9.17) is 4.74 Å². The Hall–Kier alpha value is -2.57. The highest BCUT2D eigenvalue weighted by Crippen LogP contribution is 2.12. The predicted molar refractivity (Wildman–Crippen MR) is 100.0 cm³/mol. The zero-order valence-electron chi connectivity index (χ0n) is 16.1. The molecule has 26 heavy (non-hydrogen) atoms. The molecule has 0 spiro atoms. The van der Waals surface area contributed by atoms with Gasteiger partial charge in [-0.3, -0.25) is 14.4 Å². The van der Waals surface area contributed by atoms with Crippen molar-refractivity contribution in [2.45, 2.75) is 46.7 Å². The fourth-order valence-electron chi connectivity index (χ4n) is 2.28. The van der Waals surface area contributed by atoms with Crippen molar-refractivity contribution in [3.05, 3.63) is 29.8 Å². The molecule has 0 aliphatic rings. The van der Waals surface area contributed by atoms with Gasteiger partial charge in [-0.1, -0.05) is 13.8 Å². The van der Waals surface area contributed by atoms with Crippen LogP contribution < -0.4 is 20.7 Å². The third-order valence-electron chi connectivity index (χ3n) is 3.54. The highest BCUT2D eigenvalue weighted by molar-refractivity contribution is 5.98. The summed E-state index contributed by atoms with van der Waals surface area (Å²) in [5, 5.41) is 7.99. The molecule has 1 atom stereocenters. The van der Waals surface area contributed by atoms with Crippen LogP contribution in [0.4, 0.5) is 0 Å². The Morgan fingerprint density at radius 3 is 2.12 bits per heavy atom. The fourth-order valence-corrected chi connectivity index (χ4v) is 2.28. The number of amides is 3. The highest BCUT2D eigenvalue weighted by atomic mass is 16.5. The molecule has 0 aromatic heterocycles. The quantitative estimate of drug-likeness (QED) is 0.619. The molecule has 0 saturated carbocycles. The van der Waals surface area contributed by atoms with E-state index in [1.165, 1.54) is 0 Å². The lowest BCUT2D eigenvalue weighted by molar-refractivity contribution is -0.128. The summed E-state index contributed by atoms with van der Waals surface area (Å²) in [6.07, 6.45) is 0. The number of ether oxygens (including phenoxy) is 1. The summed E-state index contributed by atoms with van der Waals surface area (Å²) in [4.78, 5) is 36.4. The molecule has 3 amide bonds. The second-order valence-electron chi connectivity index (χ2n) is 6.59. The molecule has 1 aromatic rings. The van der Waals surface area contributed by atoms with Crippen LogP contribution in [-0.4, -0.2) is 43.0 Å². The van der Waals surface area contributed by atoms with Gasteiger partial charge < -0.3 is 20.7 Å². The predicted octanol–water partition coefficient (Wildman–Crippen LogP) is 1.48.